The van der Waals surface area contributed by atoms with Gasteiger partial charge in [0.15, 0.2) is 0 Å². The molecule has 1 amide bonds. The molecule has 2 heterocycles. The minimum absolute atomic E-state index is 0.230. The number of nitrogens with zero attached hydrogens (tertiary/aromatic N) is 2. The number of aromatic nitrogens is 2. The number of carbonyl (C=O) groups excluding carboxylic acids is 1. The van der Waals surface area contributed by atoms with Crippen LogP contribution >= 0.6 is 0 Å². The molecule has 0 radical (unpaired) electrons. The monoisotopic (exact) mass is 195 g/mol. The van der Waals surface area contributed by atoms with Crippen molar-refractivity contribution in [1.82, 2.24) is 9.97 Å². The van der Waals surface area contributed by atoms with Crippen LogP contribution in [-0.2, 0) is 15.6 Å². The second kappa shape index (κ2) is 2.74. The van der Waals surface area contributed by atoms with E-state index < -0.39 is 16.7 Å². The van der Waals surface area contributed by atoms with E-state index in [1.165, 1.54) is 17.9 Å². The number of amides is 1. The molecule has 1 aromatic heterocycles. The van der Waals surface area contributed by atoms with Gasteiger partial charge in [0.2, 0.25) is 5.91 Å². The van der Waals surface area contributed by atoms with E-state index in [0.717, 1.165) is 0 Å². The number of primary amides is 1. The Hall–Kier alpha value is -1.56. The maximum atomic E-state index is 11.3. The highest BCUT2D eigenvalue weighted by atomic mass is 32.2. The van der Waals surface area contributed by atoms with E-state index >= 15 is 0 Å². The Morgan fingerprint density at radius 3 is 3.00 bits per heavy atom. The zero-order valence-electron chi connectivity index (χ0n) is 6.43. The smallest absolute Gasteiger partial charge is 0.250 e. The van der Waals surface area contributed by atoms with Crippen molar-refractivity contribution in [2.24, 2.45) is 5.73 Å². The van der Waals surface area contributed by atoms with Crippen molar-refractivity contribution in [2.45, 2.75) is 5.03 Å². The van der Waals surface area contributed by atoms with Crippen molar-refractivity contribution < 1.29 is 9.00 Å². The van der Waals surface area contributed by atoms with Gasteiger partial charge in [-0.05, 0) is 0 Å². The van der Waals surface area contributed by atoms with Gasteiger partial charge in [0.05, 0.1) is 16.4 Å². The van der Waals surface area contributed by atoms with Crippen LogP contribution in [0.15, 0.2) is 23.0 Å². The Kier molecular flexibility index (Phi) is 1.70. The van der Waals surface area contributed by atoms with E-state index in [9.17, 15) is 9.00 Å². The molecule has 0 saturated carbocycles. The van der Waals surface area contributed by atoms with Crippen LogP contribution in [0.25, 0.3) is 5.57 Å². The molecular weight excluding hydrogens is 190 g/mol. The summed E-state index contributed by atoms with van der Waals surface area (Å²) in [6.07, 6.45) is 2.72. The fourth-order valence-corrected chi connectivity index (χ4v) is 2.18. The molecular formula is C7H5N3O2S. The van der Waals surface area contributed by atoms with Crippen LogP contribution in [0, 0.1) is 0 Å². The van der Waals surface area contributed by atoms with Crippen molar-refractivity contribution in [1.29, 1.82) is 0 Å². The summed E-state index contributed by atoms with van der Waals surface area (Å²) in [4.78, 5) is 18.4. The van der Waals surface area contributed by atoms with Crippen molar-refractivity contribution in [3.63, 3.8) is 0 Å². The normalized spacial score (nSPS) is 19.4. The highest BCUT2D eigenvalue weighted by molar-refractivity contribution is 7.88. The number of nitrogens with two attached hydrogens (primary N) is 1. The summed E-state index contributed by atoms with van der Waals surface area (Å²) < 4.78 is 11.3. The van der Waals surface area contributed by atoms with Gasteiger partial charge >= 0.3 is 0 Å². The number of fused-ring (bicyclic) bond motifs is 1. The average molecular weight is 195 g/mol. The molecule has 2 N–H and O–H groups in total. The molecule has 1 aliphatic heterocycles. The summed E-state index contributed by atoms with van der Waals surface area (Å²) in [5, 5.41) is 1.64. The predicted molar refractivity (Wildman–Crippen MR) is 45.6 cm³/mol. The second-order valence-electron chi connectivity index (χ2n) is 2.43. The van der Waals surface area contributed by atoms with Gasteiger partial charge in [0, 0.05) is 17.2 Å². The topological polar surface area (TPSA) is 85.9 Å². The summed E-state index contributed by atoms with van der Waals surface area (Å²) >= 11 is 0. The maximum Gasteiger partial charge on any atom is 0.250 e. The van der Waals surface area contributed by atoms with E-state index in [0.29, 0.717) is 10.6 Å². The zero-order chi connectivity index (χ0) is 9.42. The van der Waals surface area contributed by atoms with Crippen LogP contribution in [0.2, 0.25) is 0 Å². The molecule has 13 heavy (non-hydrogen) atoms. The van der Waals surface area contributed by atoms with Gasteiger partial charge in [-0.1, -0.05) is 0 Å². The quantitative estimate of drug-likeness (QED) is 0.607. The standard InChI is InChI=1S/C7H5N3O2S/c8-6(11)5-2-13(12)7-4(5)1-9-3-10-7/h1-3H,(H2,8,11). The van der Waals surface area contributed by atoms with Crippen molar-refractivity contribution >= 4 is 22.3 Å². The van der Waals surface area contributed by atoms with E-state index in [-0.39, 0.29) is 5.57 Å². The lowest BCUT2D eigenvalue weighted by Gasteiger charge is -1.96. The summed E-state index contributed by atoms with van der Waals surface area (Å²) in [7, 11) is -1.36. The van der Waals surface area contributed by atoms with Gasteiger partial charge in [0.25, 0.3) is 0 Å². The lowest BCUT2D eigenvalue weighted by Crippen LogP contribution is -2.12. The molecule has 66 valence electrons. The van der Waals surface area contributed by atoms with Gasteiger partial charge < -0.3 is 5.73 Å². The minimum atomic E-state index is -1.36. The summed E-state index contributed by atoms with van der Waals surface area (Å²) in [6.45, 7) is 0. The predicted octanol–water partition coefficient (Wildman–Crippen LogP) is -0.576. The van der Waals surface area contributed by atoms with Crippen molar-refractivity contribution in [2.75, 3.05) is 0 Å². The van der Waals surface area contributed by atoms with Crippen LogP contribution in [0.3, 0.4) is 0 Å². The van der Waals surface area contributed by atoms with Crippen LogP contribution in [0.4, 0.5) is 0 Å². The maximum absolute atomic E-state index is 11.3. The number of carbonyl (C=O) groups is 1. The molecule has 0 bridgehead atoms. The van der Waals surface area contributed by atoms with E-state index in [1.807, 2.05) is 0 Å². The Morgan fingerprint density at radius 2 is 2.31 bits per heavy atom. The molecule has 0 aromatic carbocycles. The van der Waals surface area contributed by atoms with Crippen molar-refractivity contribution in [3.05, 3.63) is 23.5 Å². The lowest BCUT2D eigenvalue weighted by atomic mass is 10.1. The Balaban J connectivity index is 2.64. The summed E-state index contributed by atoms with van der Waals surface area (Å²) in [5.41, 5.74) is 5.77. The molecule has 0 saturated heterocycles. The molecule has 1 aromatic rings. The van der Waals surface area contributed by atoms with E-state index in [2.05, 4.69) is 9.97 Å². The third-order valence-electron chi connectivity index (χ3n) is 1.65. The van der Waals surface area contributed by atoms with Crippen molar-refractivity contribution in [3.8, 4) is 0 Å². The SMILES string of the molecule is NC(=O)C1=CS(=O)c2ncncc21. The lowest BCUT2D eigenvalue weighted by molar-refractivity contribution is -0.112. The molecule has 1 aliphatic rings. The highest BCUT2D eigenvalue weighted by Crippen LogP contribution is 2.27. The first kappa shape index (κ1) is 8.06. The number of hydrogen-bond acceptors (Lipinski definition) is 4. The van der Waals surface area contributed by atoms with Crippen LogP contribution in [0.1, 0.15) is 5.56 Å². The number of hydrogen-bond donors (Lipinski definition) is 1. The largest absolute Gasteiger partial charge is 0.366 e. The fraction of sp³-hybridized carbons (Fsp3) is 0. The Labute approximate surface area is 76.1 Å². The third-order valence-corrected chi connectivity index (χ3v) is 2.80. The third kappa shape index (κ3) is 1.15. The van der Waals surface area contributed by atoms with Crippen LogP contribution in [-0.4, -0.2) is 20.1 Å². The first-order chi connectivity index (χ1) is 6.20. The van der Waals surface area contributed by atoms with Gasteiger partial charge in [-0.3, -0.25) is 4.79 Å². The van der Waals surface area contributed by atoms with E-state index in [1.54, 1.807) is 0 Å². The first-order valence-electron chi connectivity index (χ1n) is 3.42. The summed E-state index contributed by atoms with van der Waals surface area (Å²) in [5.74, 6) is -0.609. The van der Waals surface area contributed by atoms with Crippen LogP contribution < -0.4 is 5.73 Å². The van der Waals surface area contributed by atoms with Gasteiger partial charge in [-0.25, -0.2) is 14.2 Å². The molecule has 0 spiro atoms. The summed E-state index contributed by atoms with van der Waals surface area (Å²) in [6, 6.07) is 0. The highest BCUT2D eigenvalue weighted by Gasteiger charge is 2.24. The first-order valence-corrected chi connectivity index (χ1v) is 4.64. The zero-order valence-corrected chi connectivity index (χ0v) is 7.25. The number of rotatable bonds is 1. The van der Waals surface area contributed by atoms with Gasteiger partial charge in [-0.15, -0.1) is 0 Å². The molecule has 6 heteroatoms. The molecule has 0 aliphatic carbocycles. The van der Waals surface area contributed by atoms with Gasteiger partial charge in [-0.2, -0.15) is 0 Å². The molecule has 5 nitrogen and oxygen atoms in total. The Morgan fingerprint density at radius 1 is 1.54 bits per heavy atom. The minimum Gasteiger partial charge on any atom is -0.366 e. The molecule has 2 rings (SSSR count). The van der Waals surface area contributed by atoms with E-state index in [4.69, 9.17) is 5.73 Å². The van der Waals surface area contributed by atoms with Crippen LogP contribution in [0.5, 0.6) is 0 Å². The average Bonchev–Trinajstić information content (AvgIpc) is 2.45. The fourth-order valence-electron chi connectivity index (χ4n) is 1.08. The van der Waals surface area contributed by atoms with Gasteiger partial charge in [0.1, 0.15) is 11.4 Å². The second-order valence-corrected chi connectivity index (χ2v) is 3.65. The molecule has 1 unspecified atom stereocenters. The molecule has 1 atom stereocenters. The molecule has 0 fully saturated rings. The Bertz CT molecular complexity index is 441.